The number of rotatable bonds is 2. The molecule has 0 radical (unpaired) electrons. The SMILES string of the molecule is CC1(C)OC[C@H](C[C@@]23CCC(=O)C=C2CCCC[C@@H]3O)O1. The molecule has 118 valence electrons. The Bertz CT molecular complexity index is 454. The zero-order valence-corrected chi connectivity index (χ0v) is 13.1. The Balaban J connectivity index is 1.86. The molecule has 1 aliphatic heterocycles. The molecule has 0 unspecified atom stereocenters. The van der Waals surface area contributed by atoms with Crippen molar-refractivity contribution >= 4 is 5.78 Å². The second kappa shape index (κ2) is 5.49. The average molecular weight is 294 g/mol. The van der Waals surface area contributed by atoms with Crippen LogP contribution in [0.25, 0.3) is 0 Å². The number of ether oxygens (including phenoxy) is 2. The van der Waals surface area contributed by atoms with Crippen LogP contribution < -0.4 is 0 Å². The van der Waals surface area contributed by atoms with Crippen LogP contribution in [0, 0.1) is 5.41 Å². The van der Waals surface area contributed by atoms with Gasteiger partial charge in [-0.05, 0) is 52.0 Å². The maximum absolute atomic E-state index is 11.8. The van der Waals surface area contributed by atoms with Crippen molar-refractivity contribution in [2.75, 3.05) is 6.61 Å². The van der Waals surface area contributed by atoms with Gasteiger partial charge in [0.05, 0.1) is 18.8 Å². The highest BCUT2D eigenvalue weighted by molar-refractivity contribution is 5.91. The summed E-state index contributed by atoms with van der Waals surface area (Å²) in [6.07, 6.45) is 7.33. The highest BCUT2D eigenvalue weighted by Crippen LogP contribution is 2.50. The lowest BCUT2D eigenvalue weighted by Gasteiger charge is -2.42. The number of aliphatic hydroxyl groups excluding tert-OH is 1. The number of hydrogen-bond acceptors (Lipinski definition) is 4. The zero-order chi connectivity index (χ0) is 15.1. The molecule has 21 heavy (non-hydrogen) atoms. The molecule has 0 bridgehead atoms. The fourth-order valence-electron chi connectivity index (χ4n) is 4.19. The number of ketones is 1. The molecule has 1 saturated carbocycles. The molecule has 0 amide bonds. The van der Waals surface area contributed by atoms with E-state index in [1.54, 1.807) is 6.08 Å². The molecule has 1 saturated heterocycles. The molecule has 4 nitrogen and oxygen atoms in total. The lowest BCUT2D eigenvalue weighted by Crippen LogP contribution is -2.42. The fraction of sp³-hybridized carbons (Fsp3) is 0.824. The Morgan fingerprint density at radius 3 is 2.86 bits per heavy atom. The van der Waals surface area contributed by atoms with Crippen molar-refractivity contribution in [2.45, 2.75) is 76.8 Å². The minimum absolute atomic E-state index is 0.00403. The van der Waals surface area contributed by atoms with E-state index in [2.05, 4.69) is 0 Å². The monoisotopic (exact) mass is 294 g/mol. The van der Waals surface area contributed by atoms with Crippen LogP contribution in [0.2, 0.25) is 0 Å². The smallest absolute Gasteiger partial charge is 0.163 e. The topological polar surface area (TPSA) is 55.8 Å². The van der Waals surface area contributed by atoms with E-state index in [9.17, 15) is 9.90 Å². The molecule has 0 aromatic carbocycles. The number of aliphatic hydroxyl groups is 1. The molecule has 0 aromatic rings. The number of fused-ring (bicyclic) bond motifs is 1. The van der Waals surface area contributed by atoms with Crippen molar-refractivity contribution in [3.63, 3.8) is 0 Å². The number of allylic oxidation sites excluding steroid dienone is 1. The van der Waals surface area contributed by atoms with Gasteiger partial charge in [-0.1, -0.05) is 12.0 Å². The van der Waals surface area contributed by atoms with Crippen molar-refractivity contribution in [1.82, 2.24) is 0 Å². The molecular weight excluding hydrogens is 268 g/mol. The van der Waals surface area contributed by atoms with Gasteiger partial charge in [-0.25, -0.2) is 0 Å². The first-order valence-corrected chi connectivity index (χ1v) is 8.15. The molecule has 2 aliphatic carbocycles. The van der Waals surface area contributed by atoms with Gasteiger partial charge in [0.25, 0.3) is 0 Å². The molecule has 3 aliphatic rings. The summed E-state index contributed by atoms with van der Waals surface area (Å²) < 4.78 is 11.6. The van der Waals surface area contributed by atoms with Crippen LogP contribution in [0.1, 0.15) is 58.8 Å². The summed E-state index contributed by atoms with van der Waals surface area (Å²) in [6.45, 7) is 4.42. The maximum atomic E-state index is 11.8. The van der Waals surface area contributed by atoms with Crippen LogP contribution in [-0.4, -0.2) is 35.5 Å². The van der Waals surface area contributed by atoms with Crippen LogP contribution in [0.15, 0.2) is 11.6 Å². The van der Waals surface area contributed by atoms with E-state index in [0.29, 0.717) is 13.0 Å². The van der Waals surface area contributed by atoms with E-state index in [1.165, 1.54) is 0 Å². The predicted octanol–water partition coefficient (Wildman–Crippen LogP) is 2.74. The van der Waals surface area contributed by atoms with E-state index in [0.717, 1.165) is 44.1 Å². The molecule has 3 rings (SSSR count). The second-order valence-corrected chi connectivity index (χ2v) is 7.21. The van der Waals surface area contributed by atoms with Crippen LogP contribution in [0.5, 0.6) is 0 Å². The third kappa shape index (κ3) is 2.94. The lowest BCUT2D eigenvalue weighted by molar-refractivity contribution is -0.144. The van der Waals surface area contributed by atoms with Crippen LogP contribution in [0.3, 0.4) is 0 Å². The van der Waals surface area contributed by atoms with Crippen molar-refractivity contribution in [1.29, 1.82) is 0 Å². The molecule has 3 atom stereocenters. The highest BCUT2D eigenvalue weighted by atomic mass is 16.7. The summed E-state index contributed by atoms with van der Waals surface area (Å²) in [5, 5.41) is 10.8. The summed E-state index contributed by atoms with van der Waals surface area (Å²) in [5.41, 5.74) is 0.871. The van der Waals surface area contributed by atoms with Gasteiger partial charge in [0.1, 0.15) is 0 Å². The molecule has 1 heterocycles. The predicted molar refractivity (Wildman–Crippen MR) is 78.8 cm³/mol. The maximum Gasteiger partial charge on any atom is 0.163 e. The quantitative estimate of drug-likeness (QED) is 0.851. The lowest BCUT2D eigenvalue weighted by atomic mass is 9.64. The Kier molecular flexibility index (Phi) is 3.97. The van der Waals surface area contributed by atoms with Crippen molar-refractivity contribution in [2.24, 2.45) is 5.41 Å². The van der Waals surface area contributed by atoms with E-state index in [-0.39, 0.29) is 23.4 Å². The van der Waals surface area contributed by atoms with Crippen LogP contribution in [-0.2, 0) is 14.3 Å². The van der Waals surface area contributed by atoms with Crippen LogP contribution >= 0.6 is 0 Å². The minimum atomic E-state index is -0.536. The molecule has 0 aromatic heterocycles. The molecule has 1 N–H and O–H groups in total. The summed E-state index contributed by atoms with van der Waals surface area (Å²) in [5.74, 6) is -0.329. The summed E-state index contributed by atoms with van der Waals surface area (Å²) >= 11 is 0. The first-order chi connectivity index (χ1) is 9.91. The first-order valence-electron chi connectivity index (χ1n) is 8.15. The third-order valence-corrected chi connectivity index (χ3v) is 5.26. The highest BCUT2D eigenvalue weighted by Gasteiger charge is 2.48. The van der Waals surface area contributed by atoms with E-state index in [1.807, 2.05) is 13.8 Å². The molecule has 4 heteroatoms. The van der Waals surface area contributed by atoms with Crippen molar-refractivity contribution in [3.05, 3.63) is 11.6 Å². The van der Waals surface area contributed by atoms with Gasteiger partial charge in [0.15, 0.2) is 11.6 Å². The van der Waals surface area contributed by atoms with Gasteiger partial charge in [-0.2, -0.15) is 0 Å². The Hall–Kier alpha value is -0.710. The van der Waals surface area contributed by atoms with Gasteiger partial charge in [-0.15, -0.1) is 0 Å². The normalized spacial score (nSPS) is 39.6. The average Bonchev–Trinajstić information content (AvgIpc) is 2.67. The summed E-state index contributed by atoms with van der Waals surface area (Å²) in [7, 11) is 0. The Morgan fingerprint density at radius 1 is 1.33 bits per heavy atom. The van der Waals surface area contributed by atoms with E-state index < -0.39 is 5.79 Å². The van der Waals surface area contributed by atoms with Gasteiger partial charge in [0.2, 0.25) is 0 Å². The largest absolute Gasteiger partial charge is 0.392 e. The minimum Gasteiger partial charge on any atom is -0.392 e. The van der Waals surface area contributed by atoms with Gasteiger partial charge >= 0.3 is 0 Å². The van der Waals surface area contributed by atoms with Gasteiger partial charge in [0, 0.05) is 11.8 Å². The Labute approximate surface area is 126 Å². The van der Waals surface area contributed by atoms with Crippen LogP contribution in [0.4, 0.5) is 0 Å². The summed E-state index contributed by atoms with van der Waals surface area (Å²) in [4.78, 5) is 11.8. The summed E-state index contributed by atoms with van der Waals surface area (Å²) in [6, 6.07) is 0. The molecule has 2 fully saturated rings. The van der Waals surface area contributed by atoms with E-state index in [4.69, 9.17) is 9.47 Å². The second-order valence-electron chi connectivity index (χ2n) is 7.21. The number of carbonyl (C=O) groups excluding carboxylic acids is 1. The van der Waals surface area contributed by atoms with Crippen molar-refractivity contribution < 1.29 is 19.4 Å². The third-order valence-electron chi connectivity index (χ3n) is 5.26. The molecular formula is C17H26O4. The first kappa shape index (κ1) is 15.2. The zero-order valence-electron chi connectivity index (χ0n) is 13.1. The fourth-order valence-corrected chi connectivity index (χ4v) is 4.19. The van der Waals surface area contributed by atoms with Crippen molar-refractivity contribution in [3.8, 4) is 0 Å². The number of carbonyl (C=O) groups is 1. The Morgan fingerprint density at radius 2 is 2.14 bits per heavy atom. The van der Waals surface area contributed by atoms with Gasteiger partial charge < -0.3 is 14.6 Å². The number of hydrogen-bond donors (Lipinski definition) is 1. The molecule has 0 spiro atoms. The van der Waals surface area contributed by atoms with E-state index >= 15 is 0 Å². The van der Waals surface area contributed by atoms with Gasteiger partial charge in [-0.3, -0.25) is 4.79 Å². The standard InChI is InChI=1S/C17H26O4/c1-16(2)20-11-14(21-16)10-17-8-7-13(18)9-12(17)5-3-4-6-15(17)19/h9,14-15,19H,3-8,10-11H2,1-2H3/t14-,15-,17-/m0/s1.